The van der Waals surface area contributed by atoms with Crippen LogP contribution in [0.3, 0.4) is 0 Å². The Morgan fingerprint density at radius 2 is 2.10 bits per heavy atom. The van der Waals surface area contributed by atoms with Crippen LogP contribution in [0.25, 0.3) is 0 Å². The van der Waals surface area contributed by atoms with E-state index in [-0.39, 0.29) is 11.1 Å². The number of likely N-dealkylation sites (N-methyl/N-ethyl adjacent to an activating group) is 1. The molecule has 0 bridgehead atoms. The van der Waals surface area contributed by atoms with Gasteiger partial charge in [-0.3, -0.25) is 4.98 Å². The number of rotatable bonds is 5. The molecule has 0 aliphatic heterocycles. The highest BCUT2D eigenvalue weighted by Gasteiger charge is 2.16. The zero-order valence-corrected chi connectivity index (χ0v) is 11.8. The minimum absolute atomic E-state index is 0.0927. The number of nitrogens with one attached hydrogen (secondary N) is 1. The number of nitrogens with zero attached hydrogens (tertiary/aromatic N) is 1. The van der Waals surface area contributed by atoms with Crippen molar-refractivity contribution in [3.8, 4) is 0 Å². The van der Waals surface area contributed by atoms with Crippen molar-refractivity contribution in [1.29, 1.82) is 0 Å². The van der Waals surface area contributed by atoms with E-state index in [2.05, 4.69) is 10.3 Å². The van der Waals surface area contributed by atoms with Crippen LogP contribution in [-0.4, -0.2) is 11.5 Å². The maximum absolute atomic E-state index is 13.9. The van der Waals surface area contributed by atoms with E-state index in [4.69, 9.17) is 11.6 Å². The summed E-state index contributed by atoms with van der Waals surface area (Å²) in [6.45, 7) is 2.62. The van der Waals surface area contributed by atoms with E-state index in [1.807, 2.05) is 6.92 Å². The van der Waals surface area contributed by atoms with Gasteiger partial charge in [0.25, 0.3) is 0 Å². The molecule has 1 atom stereocenters. The lowest BCUT2D eigenvalue weighted by molar-refractivity contribution is 0.521. The van der Waals surface area contributed by atoms with Gasteiger partial charge in [0.1, 0.15) is 11.6 Å². The summed E-state index contributed by atoms with van der Waals surface area (Å²) in [5.74, 6) is -0.835. The number of pyridine rings is 1. The van der Waals surface area contributed by atoms with Crippen LogP contribution in [0.4, 0.5) is 8.78 Å². The van der Waals surface area contributed by atoms with Crippen LogP contribution in [0.15, 0.2) is 36.7 Å². The Morgan fingerprint density at radius 1 is 1.30 bits per heavy atom. The summed E-state index contributed by atoms with van der Waals surface area (Å²) in [6.07, 6.45) is 3.11. The second-order valence-electron chi connectivity index (χ2n) is 4.46. The average molecular weight is 297 g/mol. The van der Waals surface area contributed by atoms with Crippen LogP contribution < -0.4 is 5.32 Å². The Morgan fingerprint density at radius 3 is 2.80 bits per heavy atom. The molecule has 0 amide bonds. The van der Waals surface area contributed by atoms with E-state index in [1.165, 1.54) is 12.1 Å². The summed E-state index contributed by atoms with van der Waals surface area (Å²) in [7, 11) is 0. The molecule has 0 saturated carbocycles. The van der Waals surface area contributed by atoms with Crippen LogP contribution in [0.1, 0.15) is 24.1 Å². The molecule has 2 rings (SSSR count). The third-order valence-corrected chi connectivity index (χ3v) is 3.33. The Hall–Kier alpha value is -1.52. The Kier molecular flexibility index (Phi) is 5.04. The van der Waals surface area contributed by atoms with Crippen LogP contribution >= 0.6 is 11.6 Å². The summed E-state index contributed by atoms with van der Waals surface area (Å²) in [5.41, 5.74) is 1.18. The number of hydrogen-bond acceptors (Lipinski definition) is 2. The highest BCUT2D eigenvalue weighted by molar-refractivity contribution is 6.30. The Bertz CT molecular complexity index is 590. The first-order chi connectivity index (χ1) is 9.61. The molecule has 0 saturated heterocycles. The van der Waals surface area contributed by atoms with Gasteiger partial charge in [-0.25, -0.2) is 8.78 Å². The molecule has 20 heavy (non-hydrogen) atoms. The number of halogens is 3. The minimum Gasteiger partial charge on any atom is -0.310 e. The second-order valence-corrected chi connectivity index (χ2v) is 4.87. The largest absolute Gasteiger partial charge is 0.310 e. The van der Waals surface area contributed by atoms with Crippen molar-refractivity contribution >= 4 is 11.6 Å². The summed E-state index contributed by atoms with van der Waals surface area (Å²) < 4.78 is 27.2. The first-order valence-corrected chi connectivity index (χ1v) is 6.76. The molecule has 0 fully saturated rings. The molecule has 1 aromatic carbocycles. The summed E-state index contributed by atoms with van der Waals surface area (Å²) in [4.78, 5) is 3.83. The first-order valence-electron chi connectivity index (χ1n) is 6.38. The monoisotopic (exact) mass is 296 g/mol. The third kappa shape index (κ3) is 3.52. The van der Waals surface area contributed by atoms with Gasteiger partial charge in [0.15, 0.2) is 0 Å². The van der Waals surface area contributed by atoms with Gasteiger partial charge in [0.05, 0.1) is 11.2 Å². The average Bonchev–Trinajstić information content (AvgIpc) is 2.43. The van der Waals surface area contributed by atoms with Crippen molar-refractivity contribution < 1.29 is 8.78 Å². The fourth-order valence-electron chi connectivity index (χ4n) is 2.10. The van der Waals surface area contributed by atoms with Gasteiger partial charge in [-0.05, 0) is 36.2 Å². The summed E-state index contributed by atoms with van der Waals surface area (Å²) >= 11 is 5.78. The van der Waals surface area contributed by atoms with Gasteiger partial charge in [0.2, 0.25) is 0 Å². The molecule has 2 aromatic rings. The normalized spacial score (nSPS) is 12.4. The van der Waals surface area contributed by atoms with Crippen molar-refractivity contribution in [3.05, 3.63) is 64.4 Å². The molecule has 0 radical (unpaired) electrons. The van der Waals surface area contributed by atoms with Crippen LogP contribution in [-0.2, 0) is 6.42 Å². The number of hydrogen-bond donors (Lipinski definition) is 1. The molecule has 0 aliphatic rings. The van der Waals surface area contributed by atoms with E-state index in [1.54, 1.807) is 18.3 Å². The highest BCUT2D eigenvalue weighted by atomic mass is 35.5. The van der Waals surface area contributed by atoms with Gasteiger partial charge in [-0.2, -0.15) is 0 Å². The second kappa shape index (κ2) is 6.77. The fraction of sp³-hybridized carbons (Fsp3) is 0.267. The lowest BCUT2D eigenvalue weighted by Gasteiger charge is -2.18. The first kappa shape index (κ1) is 14.9. The van der Waals surface area contributed by atoms with Crippen molar-refractivity contribution in [3.63, 3.8) is 0 Å². The van der Waals surface area contributed by atoms with Crippen molar-refractivity contribution in [1.82, 2.24) is 10.3 Å². The number of benzene rings is 1. The molecule has 5 heteroatoms. The van der Waals surface area contributed by atoms with Gasteiger partial charge >= 0.3 is 0 Å². The molecule has 0 aliphatic carbocycles. The standard InChI is InChI=1S/C15H15ClF2N2/c1-2-20-14(11-6-12(17)9-19-8-11)7-10-4-3-5-13(16)15(10)18/h3-6,8-9,14,20H,2,7H2,1H3. The van der Waals surface area contributed by atoms with E-state index in [0.29, 0.717) is 24.1 Å². The van der Waals surface area contributed by atoms with E-state index in [0.717, 1.165) is 6.20 Å². The van der Waals surface area contributed by atoms with E-state index < -0.39 is 11.6 Å². The lowest BCUT2D eigenvalue weighted by atomic mass is 9.99. The van der Waals surface area contributed by atoms with E-state index >= 15 is 0 Å². The van der Waals surface area contributed by atoms with Crippen molar-refractivity contribution in [2.75, 3.05) is 6.54 Å². The molecule has 1 N–H and O–H groups in total. The summed E-state index contributed by atoms with van der Waals surface area (Å²) in [6, 6.07) is 6.08. The third-order valence-electron chi connectivity index (χ3n) is 3.03. The molecule has 106 valence electrons. The Labute approximate surface area is 121 Å². The van der Waals surface area contributed by atoms with Crippen molar-refractivity contribution in [2.45, 2.75) is 19.4 Å². The quantitative estimate of drug-likeness (QED) is 0.905. The molecule has 2 nitrogen and oxygen atoms in total. The molecule has 1 unspecified atom stereocenters. The van der Waals surface area contributed by atoms with Crippen LogP contribution in [0, 0.1) is 11.6 Å². The van der Waals surface area contributed by atoms with Gasteiger partial charge in [-0.15, -0.1) is 0 Å². The predicted octanol–water partition coefficient (Wildman–Crippen LogP) is 3.91. The van der Waals surface area contributed by atoms with Gasteiger partial charge < -0.3 is 5.32 Å². The lowest BCUT2D eigenvalue weighted by Crippen LogP contribution is -2.23. The molecular formula is C15H15ClF2N2. The predicted molar refractivity (Wildman–Crippen MR) is 75.7 cm³/mol. The zero-order chi connectivity index (χ0) is 14.5. The molecule has 1 aromatic heterocycles. The topological polar surface area (TPSA) is 24.9 Å². The summed E-state index contributed by atoms with van der Waals surface area (Å²) in [5, 5.41) is 3.30. The van der Waals surface area contributed by atoms with Crippen LogP contribution in [0.2, 0.25) is 5.02 Å². The maximum atomic E-state index is 13.9. The van der Waals surface area contributed by atoms with Gasteiger partial charge in [-0.1, -0.05) is 30.7 Å². The Balaban J connectivity index is 2.28. The molecular weight excluding hydrogens is 282 g/mol. The highest BCUT2D eigenvalue weighted by Crippen LogP contribution is 2.24. The number of aromatic nitrogens is 1. The van der Waals surface area contributed by atoms with E-state index in [9.17, 15) is 8.78 Å². The molecule has 0 spiro atoms. The van der Waals surface area contributed by atoms with Gasteiger partial charge in [0, 0.05) is 12.2 Å². The van der Waals surface area contributed by atoms with Crippen LogP contribution in [0.5, 0.6) is 0 Å². The molecule has 1 heterocycles. The van der Waals surface area contributed by atoms with Crippen molar-refractivity contribution in [2.24, 2.45) is 0 Å². The maximum Gasteiger partial charge on any atom is 0.145 e. The smallest absolute Gasteiger partial charge is 0.145 e. The minimum atomic E-state index is -0.429. The fourth-order valence-corrected chi connectivity index (χ4v) is 2.29. The SMILES string of the molecule is CCNC(Cc1cccc(Cl)c1F)c1cncc(F)c1. The zero-order valence-electron chi connectivity index (χ0n) is 11.0.